The summed E-state index contributed by atoms with van der Waals surface area (Å²) >= 11 is 0. The molecule has 1 amide bonds. The Morgan fingerprint density at radius 2 is 2.14 bits per heavy atom. The highest BCUT2D eigenvalue weighted by Crippen LogP contribution is 2.19. The molecule has 0 radical (unpaired) electrons. The highest BCUT2D eigenvalue weighted by atomic mass is 16.4. The Labute approximate surface area is 128 Å². The molecule has 0 bridgehead atoms. The summed E-state index contributed by atoms with van der Waals surface area (Å²) in [7, 11) is 0. The Hall–Kier alpha value is -2.63. The van der Waals surface area contributed by atoms with Gasteiger partial charge in [-0.1, -0.05) is 6.07 Å². The highest BCUT2D eigenvalue weighted by Gasteiger charge is 2.28. The molecule has 1 fully saturated rings. The lowest BCUT2D eigenvalue weighted by Crippen LogP contribution is -2.42. The van der Waals surface area contributed by atoms with Gasteiger partial charge in [-0.05, 0) is 37.1 Å². The van der Waals surface area contributed by atoms with Crippen LogP contribution in [0.4, 0.5) is 0 Å². The fraction of sp³-hybridized carbons (Fsp3) is 0.312. The van der Waals surface area contributed by atoms with Gasteiger partial charge in [0.1, 0.15) is 0 Å². The molecular weight excluding hydrogens is 282 g/mol. The quantitative estimate of drug-likeness (QED) is 0.938. The Bertz CT molecular complexity index is 682. The molecule has 22 heavy (non-hydrogen) atoms. The van der Waals surface area contributed by atoms with Crippen LogP contribution in [0.15, 0.2) is 42.7 Å². The second-order valence-corrected chi connectivity index (χ2v) is 5.43. The van der Waals surface area contributed by atoms with E-state index in [-0.39, 0.29) is 12.5 Å². The van der Waals surface area contributed by atoms with E-state index in [0.717, 1.165) is 12.1 Å². The molecule has 0 saturated carbocycles. The number of amides is 1. The molecule has 6 nitrogen and oxygen atoms in total. The summed E-state index contributed by atoms with van der Waals surface area (Å²) in [6, 6.07) is 9.03. The highest BCUT2D eigenvalue weighted by molar-refractivity contribution is 5.95. The lowest BCUT2D eigenvalue weighted by atomic mass is 9.97. The van der Waals surface area contributed by atoms with Crippen molar-refractivity contribution in [2.45, 2.75) is 12.8 Å². The predicted molar refractivity (Wildman–Crippen MR) is 79.8 cm³/mol. The van der Waals surface area contributed by atoms with Crippen molar-refractivity contribution in [2.24, 2.45) is 5.92 Å². The van der Waals surface area contributed by atoms with Gasteiger partial charge in [0.2, 0.25) is 0 Å². The molecule has 1 aromatic heterocycles. The first-order valence-corrected chi connectivity index (χ1v) is 7.27. The van der Waals surface area contributed by atoms with Gasteiger partial charge < -0.3 is 10.0 Å². The molecule has 0 unspecified atom stereocenters. The summed E-state index contributed by atoms with van der Waals surface area (Å²) in [5.41, 5.74) is 1.36. The number of piperidine rings is 1. The molecule has 1 aliphatic heterocycles. The van der Waals surface area contributed by atoms with E-state index in [2.05, 4.69) is 5.10 Å². The minimum absolute atomic E-state index is 0.125. The Kier molecular flexibility index (Phi) is 3.91. The van der Waals surface area contributed by atoms with Gasteiger partial charge in [0.05, 0.1) is 11.6 Å². The van der Waals surface area contributed by atoms with E-state index in [9.17, 15) is 9.59 Å². The number of hydrogen-bond donors (Lipinski definition) is 1. The van der Waals surface area contributed by atoms with Gasteiger partial charge in [0, 0.05) is 31.0 Å². The number of rotatable bonds is 3. The molecule has 0 aliphatic carbocycles. The van der Waals surface area contributed by atoms with E-state index in [0.29, 0.717) is 18.5 Å². The van der Waals surface area contributed by atoms with Crippen LogP contribution in [0.3, 0.4) is 0 Å². The molecule has 1 aromatic carbocycles. The number of benzene rings is 1. The van der Waals surface area contributed by atoms with Crippen molar-refractivity contribution in [2.75, 3.05) is 13.1 Å². The first kappa shape index (κ1) is 14.3. The van der Waals surface area contributed by atoms with Crippen LogP contribution in [-0.4, -0.2) is 44.8 Å². The number of hydrogen-bond acceptors (Lipinski definition) is 3. The summed E-state index contributed by atoms with van der Waals surface area (Å²) in [5, 5.41) is 13.3. The maximum atomic E-state index is 12.6. The zero-order valence-corrected chi connectivity index (χ0v) is 12.1. The number of aliphatic carboxylic acids is 1. The zero-order chi connectivity index (χ0) is 15.5. The van der Waals surface area contributed by atoms with Crippen LogP contribution in [0.5, 0.6) is 0 Å². The van der Waals surface area contributed by atoms with E-state index >= 15 is 0 Å². The molecule has 1 N–H and O–H groups in total. The first-order valence-electron chi connectivity index (χ1n) is 7.27. The molecule has 3 rings (SSSR count). The lowest BCUT2D eigenvalue weighted by Gasteiger charge is -2.30. The van der Waals surface area contributed by atoms with E-state index in [1.165, 1.54) is 0 Å². The summed E-state index contributed by atoms with van der Waals surface area (Å²) in [4.78, 5) is 25.3. The van der Waals surface area contributed by atoms with E-state index in [1.807, 2.05) is 24.4 Å². The van der Waals surface area contributed by atoms with Gasteiger partial charge in [0.15, 0.2) is 0 Å². The van der Waals surface area contributed by atoms with Crippen molar-refractivity contribution >= 4 is 11.9 Å². The first-order chi connectivity index (χ1) is 10.6. The Morgan fingerprint density at radius 1 is 1.27 bits per heavy atom. The molecule has 2 heterocycles. The maximum Gasteiger partial charge on any atom is 0.308 e. The van der Waals surface area contributed by atoms with Crippen molar-refractivity contribution in [1.29, 1.82) is 0 Å². The second kappa shape index (κ2) is 6.01. The largest absolute Gasteiger partial charge is 0.481 e. The molecule has 6 heteroatoms. The van der Waals surface area contributed by atoms with Crippen molar-refractivity contribution in [3.8, 4) is 5.69 Å². The topological polar surface area (TPSA) is 75.4 Å². The Balaban J connectivity index is 1.80. The molecule has 2 aromatic rings. The van der Waals surface area contributed by atoms with Crippen LogP contribution >= 0.6 is 0 Å². The fourth-order valence-electron chi connectivity index (χ4n) is 2.75. The van der Waals surface area contributed by atoms with Crippen LogP contribution < -0.4 is 0 Å². The average molecular weight is 299 g/mol. The number of carbonyl (C=O) groups excluding carboxylic acids is 1. The normalized spacial score (nSPS) is 18.2. The van der Waals surface area contributed by atoms with Crippen LogP contribution in [0.2, 0.25) is 0 Å². The van der Waals surface area contributed by atoms with Crippen LogP contribution in [0, 0.1) is 5.92 Å². The maximum absolute atomic E-state index is 12.6. The van der Waals surface area contributed by atoms with Crippen molar-refractivity contribution < 1.29 is 14.7 Å². The number of aromatic nitrogens is 2. The van der Waals surface area contributed by atoms with E-state index in [1.54, 1.807) is 27.9 Å². The summed E-state index contributed by atoms with van der Waals surface area (Å²) < 4.78 is 1.69. The molecule has 1 saturated heterocycles. The standard InChI is InChI=1S/C16H17N3O3/c20-15(18-8-2-5-13(11-18)16(21)22)12-4-1-6-14(10-12)19-9-3-7-17-19/h1,3-4,6-7,9-10,13H,2,5,8,11H2,(H,21,22)/t13-/m0/s1. The van der Waals surface area contributed by atoms with Gasteiger partial charge in [-0.2, -0.15) is 5.10 Å². The third kappa shape index (κ3) is 2.86. The minimum atomic E-state index is -0.831. The molecule has 0 spiro atoms. The van der Waals surface area contributed by atoms with Gasteiger partial charge in [-0.15, -0.1) is 0 Å². The number of carboxylic acids is 1. The number of carbonyl (C=O) groups is 2. The van der Waals surface area contributed by atoms with Gasteiger partial charge >= 0.3 is 5.97 Å². The van der Waals surface area contributed by atoms with Crippen molar-refractivity contribution in [3.05, 3.63) is 48.3 Å². The minimum Gasteiger partial charge on any atom is -0.481 e. The predicted octanol–water partition coefficient (Wildman–Crippen LogP) is 1.81. The number of carboxylic acid groups (broad SMARTS) is 1. The van der Waals surface area contributed by atoms with Gasteiger partial charge in [-0.25, -0.2) is 4.68 Å². The van der Waals surface area contributed by atoms with Gasteiger partial charge in [0.25, 0.3) is 5.91 Å². The molecule has 1 aliphatic rings. The smallest absolute Gasteiger partial charge is 0.308 e. The summed E-state index contributed by atoms with van der Waals surface area (Å²) in [6.07, 6.45) is 4.84. The van der Waals surface area contributed by atoms with Crippen LogP contribution in [0.25, 0.3) is 5.69 Å². The fourth-order valence-corrected chi connectivity index (χ4v) is 2.75. The lowest BCUT2D eigenvalue weighted by molar-refractivity contribution is -0.143. The third-order valence-corrected chi connectivity index (χ3v) is 3.92. The summed E-state index contributed by atoms with van der Waals surface area (Å²) in [5.74, 6) is -1.42. The molecule has 114 valence electrons. The number of nitrogens with zero attached hydrogens (tertiary/aromatic N) is 3. The van der Waals surface area contributed by atoms with E-state index in [4.69, 9.17) is 5.11 Å². The Morgan fingerprint density at radius 3 is 2.86 bits per heavy atom. The van der Waals surface area contributed by atoms with Crippen molar-refractivity contribution in [3.63, 3.8) is 0 Å². The van der Waals surface area contributed by atoms with E-state index < -0.39 is 11.9 Å². The van der Waals surface area contributed by atoms with Gasteiger partial charge in [-0.3, -0.25) is 9.59 Å². The molecule has 1 atom stereocenters. The average Bonchev–Trinajstić information content (AvgIpc) is 3.09. The third-order valence-electron chi connectivity index (χ3n) is 3.92. The number of likely N-dealkylation sites (tertiary alicyclic amines) is 1. The second-order valence-electron chi connectivity index (χ2n) is 5.43. The monoisotopic (exact) mass is 299 g/mol. The van der Waals surface area contributed by atoms with Crippen LogP contribution in [-0.2, 0) is 4.79 Å². The SMILES string of the molecule is O=C(O)[C@H]1CCCN(C(=O)c2cccc(-n3cccn3)c2)C1. The van der Waals surface area contributed by atoms with Crippen LogP contribution in [0.1, 0.15) is 23.2 Å². The summed E-state index contributed by atoms with van der Waals surface area (Å²) in [6.45, 7) is 0.884. The van der Waals surface area contributed by atoms with Crippen molar-refractivity contribution in [1.82, 2.24) is 14.7 Å². The molecular formula is C16H17N3O3. The zero-order valence-electron chi connectivity index (χ0n) is 12.1.